The average Bonchev–Trinajstić information content (AvgIpc) is 3.35. The number of quaternary nitrogens is 1. The third-order valence-electron chi connectivity index (χ3n) is 7.09. The highest BCUT2D eigenvalue weighted by Crippen LogP contribution is 2.27. The first-order chi connectivity index (χ1) is 16.6. The predicted molar refractivity (Wildman–Crippen MR) is 126 cm³/mol. The second kappa shape index (κ2) is 9.19. The number of nitrogens with zero attached hydrogens (tertiary/aromatic N) is 2. The number of piperidine rings is 1. The van der Waals surface area contributed by atoms with Crippen molar-refractivity contribution in [2.75, 3.05) is 26.2 Å². The second-order valence-corrected chi connectivity index (χ2v) is 10.1. The van der Waals surface area contributed by atoms with E-state index in [1.54, 1.807) is 11.0 Å². The third-order valence-corrected chi connectivity index (χ3v) is 7.85. The molecule has 5 rings (SSSR count). The minimum absolute atomic E-state index is 0.0432. The standard InChI is InChI=1S/C24H23Cl2F3N4O2/c25-18-11-20-22(34)30-12-16(33(20)21(18)26)9-14-1-2-19(27)17(10-14)23(35)31-6-3-15(4-7-31)32-8-5-24(28,29)13-32/h1-2,10-12,15H,3-9,13H2,(H,30,34)/p+1. The smallest absolute Gasteiger partial charge is 0.300 e. The molecular formula is C24H24Cl2F3N4O2+. The Morgan fingerprint density at radius 2 is 1.94 bits per heavy atom. The van der Waals surface area contributed by atoms with Crippen molar-refractivity contribution in [3.05, 3.63) is 73.6 Å². The zero-order chi connectivity index (χ0) is 24.9. The van der Waals surface area contributed by atoms with Crippen molar-refractivity contribution in [1.82, 2.24) is 14.3 Å². The molecule has 1 aromatic carbocycles. The van der Waals surface area contributed by atoms with E-state index < -0.39 is 17.6 Å². The van der Waals surface area contributed by atoms with Gasteiger partial charge in [0.25, 0.3) is 11.5 Å². The Balaban J connectivity index is 1.32. The fourth-order valence-corrected chi connectivity index (χ4v) is 5.68. The molecule has 2 aliphatic heterocycles. The van der Waals surface area contributed by atoms with Gasteiger partial charge in [-0.25, -0.2) is 13.2 Å². The lowest BCUT2D eigenvalue weighted by molar-refractivity contribution is -0.918. The van der Waals surface area contributed by atoms with Gasteiger partial charge in [0.1, 0.15) is 23.0 Å². The van der Waals surface area contributed by atoms with Crippen LogP contribution in [0.25, 0.3) is 5.52 Å². The Kier molecular flexibility index (Phi) is 6.35. The quantitative estimate of drug-likeness (QED) is 0.547. The van der Waals surface area contributed by atoms with Crippen molar-refractivity contribution in [1.29, 1.82) is 0 Å². The summed E-state index contributed by atoms with van der Waals surface area (Å²) in [7, 11) is 0. The molecule has 2 aromatic heterocycles. The van der Waals surface area contributed by atoms with Crippen molar-refractivity contribution in [3.63, 3.8) is 0 Å². The van der Waals surface area contributed by atoms with Gasteiger partial charge in [0, 0.05) is 44.2 Å². The van der Waals surface area contributed by atoms with Crippen LogP contribution in [0.3, 0.4) is 0 Å². The van der Waals surface area contributed by atoms with Crippen molar-refractivity contribution < 1.29 is 22.9 Å². The molecule has 11 heteroatoms. The monoisotopic (exact) mass is 527 g/mol. The van der Waals surface area contributed by atoms with E-state index >= 15 is 0 Å². The summed E-state index contributed by atoms with van der Waals surface area (Å²) in [5.41, 5.74) is 1.17. The molecule has 0 aliphatic carbocycles. The molecule has 35 heavy (non-hydrogen) atoms. The van der Waals surface area contributed by atoms with Crippen LogP contribution in [0.1, 0.15) is 40.9 Å². The van der Waals surface area contributed by atoms with Gasteiger partial charge in [0.05, 0.1) is 29.6 Å². The third kappa shape index (κ3) is 4.69. The summed E-state index contributed by atoms with van der Waals surface area (Å²) in [6.45, 7) is 1.09. The van der Waals surface area contributed by atoms with Gasteiger partial charge in [-0.2, -0.15) is 0 Å². The number of fused-ring (bicyclic) bond motifs is 1. The summed E-state index contributed by atoms with van der Waals surface area (Å²) in [5, 5.41) is 0.435. The highest BCUT2D eigenvalue weighted by Gasteiger charge is 2.45. The van der Waals surface area contributed by atoms with Crippen molar-refractivity contribution >= 4 is 34.6 Å². The minimum atomic E-state index is -2.61. The number of benzene rings is 1. The minimum Gasteiger partial charge on any atom is -0.338 e. The Morgan fingerprint density at radius 1 is 1.20 bits per heavy atom. The maximum absolute atomic E-state index is 14.7. The fraction of sp³-hybridized carbons (Fsp3) is 0.417. The molecule has 1 amide bonds. The zero-order valence-corrected chi connectivity index (χ0v) is 20.2. The van der Waals surface area contributed by atoms with Crippen LogP contribution >= 0.6 is 23.2 Å². The maximum Gasteiger partial charge on any atom is 0.300 e. The van der Waals surface area contributed by atoms with E-state index in [1.165, 1.54) is 28.8 Å². The lowest BCUT2D eigenvalue weighted by atomic mass is 10.0. The van der Waals surface area contributed by atoms with Gasteiger partial charge >= 0.3 is 5.92 Å². The van der Waals surface area contributed by atoms with Crippen molar-refractivity contribution in [2.24, 2.45) is 0 Å². The molecule has 6 nitrogen and oxygen atoms in total. The first-order valence-electron chi connectivity index (χ1n) is 11.5. The number of nitrogens with one attached hydrogen (secondary N) is 2. The van der Waals surface area contributed by atoms with E-state index in [0.29, 0.717) is 43.7 Å². The van der Waals surface area contributed by atoms with Crippen LogP contribution in [0, 0.1) is 5.82 Å². The van der Waals surface area contributed by atoms with E-state index in [1.807, 2.05) is 0 Å². The molecule has 0 saturated carbocycles. The first kappa shape index (κ1) is 24.2. The van der Waals surface area contributed by atoms with Gasteiger partial charge in [-0.15, -0.1) is 0 Å². The van der Waals surface area contributed by atoms with Crippen molar-refractivity contribution in [2.45, 2.75) is 37.6 Å². The number of amides is 1. The maximum atomic E-state index is 14.7. The molecule has 0 bridgehead atoms. The van der Waals surface area contributed by atoms with Crippen LogP contribution in [-0.2, 0) is 6.42 Å². The lowest BCUT2D eigenvalue weighted by Crippen LogP contribution is -3.15. The fourth-order valence-electron chi connectivity index (χ4n) is 5.24. The highest BCUT2D eigenvalue weighted by molar-refractivity contribution is 6.42. The number of hydrogen-bond acceptors (Lipinski definition) is 2. The van der Waals surface area contributed by atoms with E-state index in [0.717, 1.165) is 4.90 Å². The van der Waals surface area contributed by atoms with Crippen LogP contribution in [0.5, 0.6) is 0 Å². The zero-order valence-electron chi connectivity index (χ0n) is 18.7. The van der Waals surface area contributed by atoms with Gasteiger partial charge in [-0.05, 0) is 23.8 Å². The Bertz CT molecular complexity index is 1350. The van der Waals surface area contributed by atoms with E-state index in [-0.39, 0.29) is 52.2 Å². The predicted octanol–water partition coefficient (Wildman–Crippen LogP) is 3.19. The molecule has 186 valence electrons. The van der Waals surface area contributed by atoms with E-state index in [9.17, 15) is 22.8 Å². The van der Waals surface area contributed by atoms with Crippen LogP contribution in [0.2, 0.25) is 10.2 Å². The summed E-state index contributed by atoms with van der Waals surface area (Å²) in [6.07, 6.45) is 2.91. The van der Waals surface area contributed by atoms with Gasteiger partial charge < -0.3 is 14.8 Å². The Morgan fingerprint density at radius 3 is 2.63 bits per heavy atom. The highest BCUT2D eigenvalue weighted by atomic mass is 35.5. The number of aromatic nitrogens is 2. The summed E-state index contributed by atoms with van der Waals surface area (Å²) < 4.78 is 43.4. The van der Waals surface area contributed by atoms with E-state index in [2.05, 4.69) is 4.98 Å². The molecular weight excluding hydrogens is 504 g/mol. The average molecular weight is 528 g/mol. The van der Waals surface area contributed by atoms with Crippen LogP contribution in [0.4, 0.5) is 13.2 Å². The molecule has 0 radical (unpaired) electrons. The number of rotatable bonds is 4. The molecule has 0 spiro atoms. The summed E-state index contributed by atoms with van der Waals surface area (Å²) in [5.74, 6) is -3.66. The SMILES string of the molecule is O=C(c1cc(Cc2c[nH]c(=O)c3cc(Cl)c(Cl)n23)ccc1F)N1CCC([NH+]2CCC(F)(F)C2)CC1. The van der Waals surface area contributed by atoms with Crippen LogP contribution < -0.4 is 10.5 Å². The number of carbonyl (C=O) groups excluding carboxylic acids is 1. The lowest BCUT2D eigenvalue weighted by Gasteiger charge is -2.34. The Labute approximate surface area is 209 Å². The number of aromatic amines is 1. The number of halogens is 5. The molecule has 2 aliphatic rings. The molecule has 4 heterocycles. The Hall–Kier alpha value is -2.49. The molecule has 2 fully saturated rings. The molecule has 2 N–H and O–H groups in total. The van der Waals surface area contributed by atoms with Gasteiger partial charge in [0.15, 0.2) is 0 Å². The first-order valence-corrected chi connectivity index (χ1v) is 12.3. The number of alkyl halides is 2. The number of likely N-dealkylation sites (tertiary alicyclic amines) is 2. The molecule has 3 aromatic rings. The summed E-state index contributed by atoms with van der Waals surface area (Å²) >= 11 is 12.4. The summed E-state index contributed by atoms with van der Waals surface area (Å²) in [6, 6.07) is 5.89. The molecule has 1 atom stereocenters. The van der Waals surface area contributed by atoms with Gasteiger partial charge in [0.2, 0.25) is 0 Å². The van der Waals surface area contributed by atoms with Crippen molar-refractivity contribution in [3.8, 4) is 0 Å². The second-order valence-electron chi connectivity index (χ2n) is 9.36. The van der Waals surface area contributed by atoms with Crippen LogP contribution in [-0.4, -0.2) is 58.3 Å². The van der Waals surface area contributed by atoms with Gasteiger partial charge in [-0.3, -0.25) is 14.0 Å². The summed E-state index contributed by atoms with van der Waals surface area (Å²) in [4.78, 5) is 30.4. The number of H-pyrrole nitrogens is 1. The van der Waals surface area contributed by atoms with Gasteiger partial charge in [-0.1, -0.05) is 29.3 Å². The number of carbonyl (C=O) groups is 1. The molecule has 1 unspecified atom stereocenters. The van der Waals surface area contributed by atoms with E-state index in [4.69, 9.17) is 23.2 Å². The normalized spacial score (nSPS) is 20.6. The molecule has 2 saturated heterocycles. The van der Waals surface area contributed by atoms with Crippen LogP contribution in [0.15, 0.2) is 35.3 Å². The topological polar surface area (TPSA) is 62.0 Å². The largest absolute Gasteiger partial charge is 0.338 e. The number of hydrogen-bond donors (Lipinski definition) is 2.